The van der Waals surface area contributed by atoms with Gasteiger partial charge in [0, 0.05) is 7.05 Å². The Morgan fingerprint density at radius 3 is 2.24 bits per heavy atom. The molecule has 1 heterocycles. The van der Waals surface area contributed by atoms with E-state index in [0.29, 0.717) is 17.9 Å². The molecule has 5 heteroatoms. The standard InChI is InChI=1S/C16H24N2O3/c1-15(2)17-16(3,14(19)18(15)4)10-11-7-8-12(20-5)13(9-11)21-6/h7-9,17H,10H2,1-6H3/t16-/m0/s1. The van der Waals surface area contributed by atoms with Crippen LogP contribution < -0.4 is 14.8 Å². The number of nitrogens with zero attached hydrogens (tertiary/aromatic N) is 1. The minimum Gasteiger partial charge on any atom is -0.493 e. The summed E-state index contributed by atoms with van der Waals surface area (Å²) in [6.45, 7) is 5.95. The lowest BCUT2D eigenvalue weighted by atomic mass is 9.92. The maximum Gasteiger partial charge on any atom is 0.244 e. The highest BCUT2D eigenvalue weighted by atomic mass is 16.5. The molecule has 0 spiro atoms. The van der Waals surface area contributed by atoms with E-state index in [1.807, 2.05) is 46.0 Å². The molecule has 116 valence electrons. The normalized spacial score (nSPS) is 24.3. The third-order valence-electron chi connectivity index (χ3n) is 4.20. The Kier molecular flexibility index (Phi) is 3.89. The summed E-state index contributed by atoms with van der Waals surface area (Å²) in [6, 6.07) is 5.75. The summed E-state index contributed by atoms with van der Waals surface area (Å²) in [5.74, 6) is 1.47. The van der Waals surface area contributed by atoms with Gasteiger partial charge in [0.1, 0.15) is 5.54 Å². The molecule has 2 rings (SSSR count). The number of ether oxygens (including phenoxy) is 2. The number of carbonyl (C=O) groups is 1. The van der Waals surface area contributed by atoms with Crippen molar-refractivity contribution in [2.24, 2.45) is 0 Å². The number of nitrogens with one attached hydrogen (secondary N) is 1. The summed E-state index contributed by atoms with van der Waals surface area (Å²) < 4.78 is 10.6. The van der Waals surface area contributed by atoms with Crippen molar-refractivity contribution in [1.29, 1.82) is 0 Å². The predicted molar refractivity (Wildman–Crippen MR) is 81.6 cm³/mol. The second kappa shape index (κ2) is 5.22. The summed E-state index contributed by atoms with van der Waals surface area (Å²) in [4.78, 5) is 14.3. The van der Waals surface area contributed by atoms with Gasteiger partial charge in [0.25, 0.3) is 0 Å². The first kappa shape index (κ1) is 15.6. The Balaban J connectivity index is 2.28. The molecule has 1 aromatic carbocycles. The van der Waals surface area contributed by atoms with Crippen molar-refractivity contribution < 1.29 is 14.3 Å². The van der Waals surface area contributed by atoms with E-state index in [1.54, 1.807) is 19.1 Å². The van der Waals surface area contributed by atoms with Gasteiger partial charge in [0.2, 0.25) is 5.91 Å². The summed E-state index contributed by atoms with van der Waals surface area (Å²) in [5, 5.41) is 3.43. The minimum atomic E-state index is -0.613. The van der Waals surface area contributed by atoms with Crippen LogP contribution in [-0.2, 0) is 11.2 Å². The van der Waals surface area contributed by atoms with Crippen molar-refractivity contribution in [3.8, 4) is 11.5 Å². The molecular weight excluding hydrogens is 268 g/mol. The van der Waals surface area contributed by atoms with Crippen LogP contribution in [0.15, 0.2) is 18.2 Å². The first-order valence-corrected chi connectivity index (χ1v) is 7.02. The molecule has 1 aliphatic heterocycles. The van der Waals surface area contributed by atoms with Crippen LogP contribution in [0.4, 0.5) is 0 Å². The number of hydrogen-bond acceptors (Lipinski definition) is 4. The van der Waals surface area contributed by atoms with E-state index in [-0.39, 0.29) is 11.6 Å². The fraction of sp³-hybridized carbons (Fsp3) is 0.562. The zero-order valence-corrected chi connectivity index (χ0v) is 13.6. The molecular formula is C16H24N2O3. The molecule has 0 saturated carbocycles. The molecule has 1 N–H and O–H groups in total. The Morgan fingerprint density at radius 2 is 1.76 bits per heavy atom. The van der Waals surface area contributed by atoms with Crippen LogP contribution in [0.5, 0.6) is 11.5 Å². The molecule has 0 aliphatic carbocycles. The van der Waals surface area contributed by atoms with Crippen molar-refractivity contribution in [1.82, 2.24) is 10.2 Å². The monoisotopic (exact) mass is 292 g/mol. The van der Waals surface area contributed by atoms with Gasteiger partial charge in [-0.25, -0.2) is 0 Å². The molecule has 1 amide bonds. The van der Waals surface area contributed by atoms with Gasteiger partial charge >= 0.3 is 0 Å². The quantitative estimate of drug-likeness (QED) is 0.919. The fourth-order valence-corrected chi connectivity index (χ4v) is 2.96. The zero-order valence-electron chi connectivity index (χ0n) is 13.6. The first-order valence-electron chi connectivity index (χ1n) is 7.02. The van der Waals surface area contributed by atoms with Gasteiger partial charge in [-0.1, -0.05) is 6.07 Å². The van der Waals surface area contributed by atoms with Crippen LogP contribution in [0, 0.1) is 0 Å². The largest absolute Gasteiger partial charge is 0.493 e. The number of hydrogen-bond donors (Lipinski definition) is 1. The van der Waals surface area contributed by atoms with Gasteiger partial charge in [-0.2, -0.15) is 0 Å². The third kappa shape index (κ3) is 2.70. The third-order valence-corrected chi connectivity index (χ3v) is 4.20. The smallest absolute Gasteiger partial charge is 0.244 e. The highest BCUT2D eigenvalue weighted by Gasteiger charge is 2.50. The lowest BCUT2D eigenvalue weighted by Crippen LogP contribution is -2.50. The van der Waals surface area contributed by atoms with Crippen LogP contribution in [0.25, 0.3) is 0 Å². The number of benzene rings is 1. The van der Waals surface area contributed by atoms with Crippen LogP contribution >= 0.6 is 0 Å². The van der Waals surface area contributed by atoms with Crippen molar-refractivity contribution >= 4 is 5.91 Å². The summed E-state index contributed by atoms with van der Waals surface area (Å²) in [6.07, 6.45) is 0.597. The fourth-order valence-electron chi connectivity index (χ4n) is 2.96. The summed E-state index contributed by atoms with van der Waals surface area (Å²) >= 11 is 0. The van der Waals surface area contributed by atoms with Gasteiger partial charge in [-0.05, 0) is 44.9 Å². The maximum absolute atomic E-state index is 12.5. The Morgan fingerprint density at radius 1 is 1.14 bits per heavy atom. The minimum absolute atomic E-state index is 0.0993. The average Bonchev–Trinajstić information content (AvgIpc) is 2.58. The van der Waals surface area contributed by atoms with Crippen LogP contribution in [0.2, 0.25) is 0 Å². The highest BCUT2D eigenvalue weighted by Crippen LogP contribution is 2.32. The van der Waals surface area contributed by atoms with Gasteiger partial charge in [-0.15, -0.1) is 0 Å². The maximum atomic E-state index is 12.5. The van der Waals surface area contributed by atoms with Crippen LogP contribution in [-0.4, -0.2) is 43.3 Å². The lowest BCUT2D eigenvalue weighted by Gasteiger charge is -2.28. The summed E-state index contributed by atoms with van der Waals surface area (Å²) in [5.41, 5.74) is 0.0716. The average molecular weight is 292 g/mol. The number of rotatable bonds is 4. The zero-order chi connectivity index (χ0) is 15.8. The predicted octanol–water partition coefficient (Wildman–Crippen LogP) is 1.80. The van der Waals surface area contributed by atoms with Gasteiger partial charge in [0.05, 0.1) is 19.9 Å². The highest BCUT2D eigenvalue weighted by molar-refractivity contribution is 5.89. The molecule has 0 radical (unpaired) electrons. The topological polar surface area (TPSA) is 50.8 Å². The van der Waals surface area contributed by atoms with Crippen molar-refractivity contribution in [3.63, 3.8) is 0 Å². The van der Waals surface area contributed by atoms with Crippen molar-refractivity contribution in [2.75, 3.05) is 21.3 Å². The van der Waals surface area contributed by atoms with Gasteiger partial charge in [-0.3, -0.25) is 10.1 Å². The molecule has 1 atom stereocenters. The van der Waals surface area contributed by atoms with Gasteiger partial charge < -0.3 is 14.4 Å². The van der Waals surface area contributed by atoms with Crippen molar-refractivity contribution in [2.45, 2.75) is 38.4 Å². The lowest BCUT2D eigenvalue weighted by molar-refractivity contribution is -0.132. The van der Waals surface area contributed by atoms with E-state index >= 15 is 0 Å². The Bertz CT molecular complexity index is 556. The molecule has 21 heavy (non-hydrogen) atoms. The van der Waals surface area contributed by atoms with E-state index in [2.05, 4.69) is 5.32 Å². The van der Waals surface area contributed by atoms with Crippen LogP contribution in [0.3, 0.4) is 0 Å². The second-order valence-electron chi connectivity index (χ2n) is 6.25. The molecule has 1 fully saturated rings. The first-order chi connectivity index (χ1) is 9.73. The van der Waals surface area contributed by atoms with E-state index in [9.17, 15) is 4.79 Å². The number of carbonyl (C=O) groups excluding carboxylic acids is 1. The molecule has 1 aromatic rings. The molecule has 5 nitrogen and oxygen atoms in total. The number of methoxy groups -OCH3 is 2. The van der Waals surface area contributed by atoms with E-state index in [1.165, 1.54) is 0 Å². The number of amides is 1. The SMILES string of the molecule is COc1ccc(C[C@]2(C)NC(C)(C)N(C)C2=O)cc1OC. The Hall–Kier alpha value is -1.75. The molecule has 0 aromatic heterocycles. The van der Waals surface area contributed by atoms with E-state index in [4.69, 9.17) is 9.47 Å². The number of likely N-dealkylation sites (N-methyl/N-ethyl adjacent to an activating group) is 1. The summed E-state index contributed by atoms with van der Waals surface area (Å²) in [7, 11) is 5.05. The van der Waals surface area contributed by atoms with E-state index < -0.39 is 5.54 Å². The van der Waals surface area contributed by atoms with Gasteiger partial charge in [0.15, 0.2) is 11.5 Å². The molecule has 1 aliphatic rings. The van der Waals surface area contributed by atoms with Crippen molar-refractivity contribution in [3.05, 3.63) is 23.8 Å². The molecule has 0 unspecified atom stereocenters. The molecule has 0 bridgehead atoms. The second-order valence-corrected chi connectivity index (χ2v) is 6.25. The molecule has 1 saturated heterocycles. The Labute approximate surface area is 126 Å². The van der Waals surface area contributed by atoms with Crippen LogP contribution in [0.1, 0.15) is 26.3 Å². The van der Waals surface area contributed by atoms with E-state index in [0.717, 1.165) is 5.56 Å².